The smallest absolute Gasteiger partial charge is 0.253 e. The van der Waals surface area contributed by atoms with Crippen molar-refractivity contribution >= 4 is 15.9 Å². The highest BCUT2D eigenvalue weighted by molar-refractivity contribution is 7.89. The van der Waals surface area contributed by atoms with Gasteiger partial charge in [0, 0.05) is 32.7 Å². The molecule has 0 saturated heterocycles. The van der Waals surface area contributed by atoms with Gasteiger partial charge in [-0.05, 0) is 30.7 Å². The van der Waals surface area contributed by atoms with Gasteiger partial charge < -0.3 is 10.0 Å². The van der Waals surface area contributed by atoms with Crippen molar-refractivity contribution in [3.8, 4) is 0 Å². The Bertz CT molecular complexity index is 561. The molecule has 0 aromatic heterocycles. The van der Waals surface area contributed by atoms with Crippen LogP contribution in [0.4, 0.5) is 0 Å². The fraction of sp³-hybridized carbons (Fsp3) is 0.500. The third-order valence-corrected chi connectivity index (χ3v) is 4.86. The summed E-state index contributed by atoms with van der Waals surface area (Å²) in [5.41, 5.74) is 0.412. The monoisotopic (exact) mass is 314 g/mol. The molecule has 6 nitrogen and oxygen atoms in total. The molecule has 0 aliphatic carbocycles. The molecule has 1 N–H and O–H groups in total. The minimum atomic E-state index is -3.49. The highest BCUT2D eigenvalue weighted by Gasteiger charge is 2.19. The second kappa shape index (κ2) is 7.53. The molecule has 0 aliphatic rings. The van der Waals surface area contributed by atoms with E-state index in [0.717, 1.165) is 10.7 Å². The third-order valence-electron chi connectivity index (χ3n) is 3.03. The van der Waals surface area contributed by atoms with E-state index in [-0.39, 0.29) is 24.0 Å². The van der Waals surface area contributed by atoms with Gasteiger partial charge in [0.15, 0.2) is 0 Å². The number of carbonyl (C=O) groups excluding carboxylic acids is 1. The van der Waals surface area contributed by atoms with E-state index in [0.29, 0.717) is 12.1 Å². The molecule has 1 rings (SSSR count). The number of sulfonamides is 1. The van der Waals surface area contributed by atoms with Gasteiger partial charge in [-0.3, -0.25) is 4.79 Å². The van der Waals surface area contributed by atoms with Crippen LogP contribution in [-0.4, -0.2) is 62.4 Å². The zero-order chi connectivity index (χ0) is 16.0. The lowest BCUT2D eigenvalue weighted by Crippen LogP contribution is -2.34. The first-order valence-electron chi connectivity index (χ1n) is 6.77. The van der Waals surface area contributed by atoms with Crippen LogP contribution in [0, 0.1) is 0 Å². The van der Waals surface area contributed by atoms with Gasteiger partial charge in [-0.1, -0.05) is 6.92 Å². The van der Waals surface area contributed by atoms with Crippen LogP contribution < -0.4 is 0 Å². The molecule has 0 saturated carbocycles. The number of aliphatic hydroxyl groups excluding tert-OH is 1. The van der Waals surface area contributed by atoms with Gasteiger partial charge >= 0.3 is 0 Å². The average molecular weight is 314 g/mol. The Hall–Kier alpha value is -1.44. The maximum absolute atomic E-state index is 12.3. The van der Waals surface area contributed by atoms with Gasteiger partial charge in [0.05, 0.1) is 11.5 Å². The Labute approximate surface area is 126 Å². The van der Waals surface area contributed by atoms with Crippen LogP contribution in [0.2, 0.25) is 0 Å². The summed E-state index contributed by atoms with van der Waals surface area (Å²) in [5.74, 6) is -0.209. The number of rotatable bonds is 7. The van der Waals surface area contributed by atoms with E-state index in [1.54, 1.807) is 4.90 Å². The topological polar surface area (TPSA) is 77.9 Å². The summed E-state index contributed by atoms with van der Waals surface area (Å²) in [6.07, 6.45) is 0.791. The van der Waals surface area contributed by atoms with E-state index in [1.807, 2.05) is 6.92 Å². The van der Waals surface area contributed by atoms with Crippen LogP contribution in [-0.2, 0) is 10.0 Å². The fourth-order valence-corrected chi connectivity index (χ4v) is 2.77. The standard InChI is InChI=1S/C14H22N2O4S/c1-4-9-16(10-11-17)14(18)12-5-7-13(8-6-12)21(19,20)15(2)3/h5-8,17H,4,9-11H2,1-3H3. The largest absolute Gasteiger partial charge is 0.395 e. The summed E-state index contributed by atoms with van der Waals surface area (Å²) in [4.78, 5) is 14.0. The molecular weight excluding hydrogens is 292 g/mol. The Morgan fingerprint density at radius 2 is 1.71 bits per heavy atom. The SMILES string of the molecule is CCCN(CCO)C(=O)c1ccc(S(=O)(=O)N(C)C)cc1. The first-order chi connectivity index (χ1) is 9.84. The number of carbonyl (C=O) groups is 1. The van der Waals surface area contributed by atoms with Crippen LogP contribution in [0.25, 0.3) is 0 Å². The van der Waals surface area contributed by atoms with E-state index in [2.05, 4.69) is 0 Å². The van der Waals surface area contributed by atoms with Crippen molar-refractivity contribution in [3.05, 3.63) is 29.8 Å². The third kappa shape index (κ3) is 4.26. The first-order valence-corrected chi connectivity index (χ1v) is 8.21. The van der Waals surface area contributed by atoms with Crippen molar-refractivity contribution in [2.45, 2.75) is 18.2 Å². The second-order valence-corrected chi connectivity index (χ2v) is 6.98. The molecule has 118 valence electrons. The lowest BCUT2D eigenvalue weighted by atomic mass is 10.2. The second-order valence-electron chi connectivity index (χ2n) is 4.83. The van der Waals surface area contributed by atoms with Crippen LogP contribution in [0.3, 0.4) is 0 Å². The molecule has 1 aromatic rings. The fourth-order valence-electron chi connectivity index (χ4n) is 1.87. The predicted octanol–water partition coefficient (Wildman–Crippen LogP) is 0.781. The van der Waals surface area contributed by atoms with Crippen LogP contribution >= 0.6 is 0 Å². The number of benzene rings is 1. The van der Waals surface area contributed by atoms with Crippen LogP contribution in [0.5, 0.6) is 0 Å². The maximum atomic E-state index is 12.3. The predicted molar refractivity (Wildman–Crippen MR) is 80.6 cm³/mol. The summed E-state index contributed by atoms with van der Waals surface area (Å²) in [6.45, 7) is 2.67. The molecule has 0 spiro atoms. The molecule has 0 bridgehead atoms. The molecule has 7 heteroatoms. The molecule has 1 amide bonds. The molecular formula is C14H22N2O4S. The summed E-state index contributed by atoms with van der Waals surface area (Å²) >= 11 is 0. The van der Waals surface area contributed by atoms with Gasteiger partial charge in [-0.15, -0.1) is 0 Å². The van der Waals surface area contributed by atoms with Gasteiger partial charge in [-0.25, -0.2) is 12.7 Å². The zero-order valence-electron chi connectivity index (χ0n) is 12.6. The summed E-state index contributed by atoms with van der Waals surface area (Å²) in [7, 11) is -0.578. The van der Waals surface area contributed by atoms with Crippen LogP contribution in [0.1, 0.15) is 23.7 Å². The Kier molecular flexibility index (Phi) is 6.32. The normalized spacial score (nSPS) is 11.7. The summed E-state index contributed by atoms with van der Waals surface area (Å²) in [6, 6.07) is 5.84. The Morgan fingerprint density at radius 3 is 2.14 bits per heavy atom. The van der Waals surface area contributed by atoms with Crippen LogP contribution in [0.15, 0.2) is 29.2 Å². The van der Waals surface area contributed by atoms with Crippen molar-refractivity contribution in [2.75, 3.05) is 33.8 Å². The number of amides is 1. The van der Waals surface area contributed by atoms with Gasteiger partial charge in [0.1, 0.15) is 0 Å². The number of nitrogens with zero attached hydrogens (tertiary/aromatic N) is 2. The molecule has 0 atom stereocenters. The Balaban J connectivity index is 2.99. The maximum Gasteiger partial charge on any atom is 0.253 e. The van der Waals surface area contributed by atoms with E-state index in [9.17, 15) is 13.2 Å². The quantitative estimate of drug-likeness (QED) is 0.807. The van der Waals surface area contributed by atoms with Gasteiger partial charge in [0.25, 0.3) is 5.91 Å². The molecule has 0 fully saturated rings. The minimum absolute atomic E-state index is 0.0984. The van der Waals surface area contributed by atoms with Crippen molar-refractivity contribution < 1.29 is 18.3 Å². The summed E-state index contributed by atoms with van der Waals surface area (Å²) in [5, 5.41) is 8.99. The van der Waals surface area contributed by atoms with Gasteiger partial charge in [0.2, 0.25) is 10.0 Å². The minimum Gasteiger partial charge on any atom is -0.395 e. The van der Waals surface area contributed by atoms with E-state index < -0.39 is 10.0 Å². The number of hydrogen-bond acceptors (Lipinski definition) is 4. The number of hydrogen-bond donors (Lipinski definition) is 1. The molecule has 0 radical (unpaired) electrons. The highest BCUT2D eigenvalue weighted by atomic mass is 32.2. The van der Waals surface area contributed by atoms with E-state index in [4.69, 9.17) is 5.11 Å². The average Bonchev–Trinajstić information content (AvgIpc) is 2.46. The highest BCUT2D eigenvalue weighted by Crippen LogP contribution is 2.15. The molecule has 1 aromatic carbocycles. The summed E-state index contributed by atoms with van der Waals surface area (Å²) < 4.78 is 25.0. The van der Waals surface area contributed by atoms with Gasteiger partial charge in [-0.2, -0.15) is 0 Å². The van der Waals surface area contributed by atoms with Crippen molar-refractivity contribution in [1.82, 2.24) is 9.21 Å². The Morgan fingerprint density at radius 1 is 1.14 bits per heavy atom. The van der Waals surface area contributed by atoms with Crippen molar-refractivity contribution in [2.24, 2.45) is 0 Å². The molecule has 0 aliphatic heterocycles. The molecule has 0 heterocycles. The number of aliphatic hydroxyl groups is 1. The zero-order valence-corrected chi connectivity index (χ0v) is 13.4. The van der Waals surface area contributed by atoms with Crippen molar-refractivity contribution in [1.29, 1.82) is 0 Å². The first kappa shape index (κ1) is 17.6. The molecule has 21 heavy (non-hydrogen) atoms. The van der Waals surface area contributed by atoms with E-state index in [1.165, 1.54) is 38.4 Å². The molecule has 0 unspecified atom stereocenters. The van der Waals surface area contributed by atoms with Crippen molar-refractivity contribution in [3.63, 3.8) is 0 Å². The van der Waals surface area contributed by atoms with E-state index >= 15 is 0 Å². The lowest BCUT2D eigenvalue weighted by Gasteiger charge is -2.21. The lowest BCUT2D eigenvalue weighted by molar-refractivity contribution is 0.0722.